The van der Waals surface area contributed by atoms with E-state index in [1.165, 1.54) is 0 Å². The van der Waals surface area contributed by atoms with Crippen molar-refractivity contribution in [1.29, 1.82) is 0 Å². The molecule has 0 heterocycles. The fourth-order valence-electron chi connectivity index (χ4n) is 2.88. The number of benzene rings is 2. The number of carboxylic acid groups (broad SMARTS) is 1. The van der Waals surface area contributed by atoms with Crippen LogP contribution in [0.15, 0.2) is 54.6 Å². The molecule has 2 aromatic carbocycles. The Labute approximate surface area is 175 Å². The highest BCUT2D eigenvalue weighted by atomic mass is 35.5. The molecule has 0 radical (unpaired) electrons. The van der Waals surface area contributed by atoms with Gasteiger partial charge in [-0.3, -0.25) is 4.79 Å². The van der Waals surface area contributed by atoms with Crippen molar-refractivity contribution in [2.24, 2.45) is 0 Å². The van der Waals surface area contributed by atoms with Crippen LogP contribution in [0.5, 0.6) is 0 Å². The van der Waals surface area contributed by atoms with Gasteiger partial charge in [-0.25, -0.2) is 4.79 Å². The number of alkyl halides is 2. The van der Waals surface area contributed by atoms with Crippen LogP contribution < -0.4 is 10.2 Å². The van der Waals surface area contributed by atoms with Gasteiger partial charge in [0.15, 0.2) is 0 Å². The second-order valence-electron chi connectivity index (χ2n) is 6.36. The molecule has 2 aromatic rings. The van der Waals surface area contributed by atoms with Gasteiger partial charge in [-0.1, -0.05) is 42.5 Å². The molecule has 7 heteroatoms. The molecule has 0 saturated heterocycles. The molecule has 5 nitrogen and oxygen atoms in total. The zero-order valence-corrected chi connectivity index (χ0v) is 17.0. The molecule has 1 unspecified atom stereocenters. The number of carbonyl (C=O) groups excluding carboxylic acids is 1. The van der Waals surface area contributed by atoms with Crippen molar-refractivity contribution < 1.29 is 14.7 Å². The highest BCUT2D eigenvalue weighted by molar-refractivity contribution is 6.18. The zero-order valence-electron chi connectivity index (χ0n) is 15.5. The first kappa shape index (κ1) is 22.1. The normalized spacial score (nSPS) is 11.6. The van der Waals surface area contributed by atoms with E-state index in [0.29, 0.717) is 24.8 Å². The first-order valence-corrected chi connectivity index (χ1v) is 10.1. The molecule has 0 fully saturated rings. The van der Waals surface area contributed by atoms with Gasteiger partial charge in [0.2, 0.25) is 5.91 Å². The second-order valence-corrected chi connectivity index (χ2v) is 7.11. The van der Waals surface area contributed by atoms with Gasteiger partial charge in [0.05, 0.1) is 6.42 Å². The summed E-state index contributed by atoms with van der Waals surface area (Å²) in [5.74, 6) is -0.377. The quantitative estimate of drug-likeness (QED) is 0.544. The number of aliphatic carboxylic acids is 1. The number of halogens is 2. The smallest absolute Gasteiger partial charge is 0.326 e. The molecular formula is C21H24Cl2N2O3. The van der Waals surface area contributed by atoms with Crippen molar-refractivity contribution >= 4 is 40.8 Å². The van der Waals surface area contributed by atoms with Crippen molar-refractivity contribution in [1.82, 2.24) is 5.32 Å². The van der Waals surface area contributed by atoms with Crippen molar-refractivity contribution in [2.45, 2.75) is 18.9 Å². The van der Waals surface area contributed by atoms with Crippen molar-refractivity contribution in [3.63, 3.8) is 0 Å². The molecule has 2 rings (SSSR count). The topological polar surface area (TPSA) is 69.6 Å². The largest absolute Gasteiger partial charge is 0.480 e. The van der Waals surface area contributed by atoms with E-state index in [1.54, 1.807) is 0 Å². The maximum absolute atomic E-state index is 12.3. The van der Waals surface area contributed by atoms with Crippen molar-refractivity contribution in [3.05, 3.63) is 65.7 Å². The van der Waals surface area contributed by atoms with E-state index in [1.807, 2.05) is 54.6 Å². The van der Waals surface area contributed by atoms with Crippen molar-refractivity contribution in [3.8, 4) is 0 Å². The molecule has 0 saturated carbocycles. The third-order valence-corrected chi connectivity index (χ3v) is 4.63. The van der Waals surface area contributed by atoms with Gasteiger partial charge in [-0.05, 0) is 23.3 Å². The van der Waals surface area contributed by atoms with Crippen LogP contribution in [0.1, 0.15) is 11.1 Å². The Balaban J connectivity index is 1.96. The fraction of sp³-hybridized carbons (Fsp3) is 0.333. The minimum absolute atomic E-state index is 0.115. The van der Waals surface area contributed by atoms with Crippen LogP contribution >= 0.6 is 23.2 Å². The van der Waals surface area contributed by atoms with Crippen LogP contribution in [-0.2, 0) is 22.4 Å². The third kappa shape index (κ3) is 7.06. The summed E-state index contributed by atoms with van der Waals surface area (Å²) in [6, 6.07) is 15.8. The van der Waals surface area contributed by atoms with E-state index in [4.69, 9.17) is 23.2 Å². The number of amides is 1. The maximum atomic E-state index is 12.3. The van der Waals surface area contributed by atoms with Gasteiger partial charge in [0, 0.05) is 37.0 Å². The summed E-state index contributed by atoms with van der Waals surface area (Å²) < 4.78 is 0. The number of carboxylic acids is 1. The van der Waals surface area contributed by atoms with E-state index in [9.17, 15) is 14.7 Å². The number of nitrogens with zero attached hydrogens (tertiary/aromatic N) is 1. The van der Waals surface area contributed by atoms with Gasteiger partial charge in [0.25, 0.3) is 0 Å². The molecular weight excluding hydrogens is 399 g/mol. The monoisotopic (exact) mass is 422 g/mol. The van der Waals surface area contributed by atoms with E-state index >= 15 is 0 Å². The molecule has 0 bridgehead atoms. The van der Waals surface area contributed by atoms with E-state index < -0.39 is 12.0 Å². The number of carbonyl (C=O) groups is 2. The molecule has 0 aliphatic carbocycles. The summed E-state index contributed by atoms with van der Waals surface area (Å²) in [5, 5.41) is 12.0. The van der Waals surface area contributed by atoms with Crippen LogP contribution in [-0.4, -0.2) is 47.9 Å². The first-order chi connectivity index (χ1) is 13.5. The summed E-state index contributed by atoms with van der Waals surface area (Å²) in [5.41, 5.74) is 2.65. The standard InChI is InChI=1S/C21H24Cl2N2O3/c22-10-12-25(13-11-23)18-8-6-17(7-9-18)15-20(26)24-19(21(27)28)14-16-4-2-1-3-5-16/h1-9,19H,10-15H2,(H,24,26)(H,27,28). The minimum Gasteiger partial charge on any atom is -0.480 e. The molecule has 1 atom stereocenters. The lowest BCUT2D eigenvalue weighted by Gasteiger charge is -2.23. The Kier molecular flexibility index (Phi) is 9.11. The van der Waals surface area contributed by atoms with E-state index in [2.05, 4.69) is 10.2 Å². The molecule has 0 aromatic heterocycles. The summed E-state index contributed by atoms with van der Waals surface area (Å²) in [6.07, 6.45) is 0.358. The zero-order chi connectivity index (χ0) is 20.4. The average Bonchev–Trinajstić information content (AvgIpc) is 2.68. The van der Waals surface area contributed by atoms with E-state index in [-0.39, 0.29) is 18.7 Å². The maximum Gasteiger partial charge on any atom is 0.326 e. The predicted molar refractivity (Wildman–Crippen MR) is 114 cm³/mol. The molecule has 1 amide bonds. The van der Waals surface area contributed by atoms with Crippen LogP contribution in [0.25, 0.3) is 0 Å². The summed E-state index contributed by atoms with van der Waals surface area (Å²) in [6.45, 7) is 1.38. The van der Waals surface area contributed by atoms with Crippen LogP contribution in [0, 0.1) is 0 Å². The van der Waals surface area contributed by atoms with Gasteiger partial charge in [-0.15, -0.1) is 23.2 Å². The number of nitrogens with one attached hydrogen (secondary N) is 1. The summed E-state index contributed by atoms with van der Waals surface area (Å²) in [4.78, 5) is 25.9. The lowest BCUT2D eigenvalue weighted by atomic mass is 10.1. The molecule has 2 N–H and O–H groups in total. The number of rotatable bonds is 11. The lowest BCUT2D eigenvalue weighted by molar-refractivity contribution is -0.141. The summed E-state index contributed by atoms with van der Waals surface area (Å²) in [7, 11) is 0. The molecule has 150 valence electrons. The lowest BCUT2D eigenvalue weighted by Crippen LogP contribution is -2.43. The molecule has 0 aliphatic rings. The van der Waals surface area contributed by atoms with Gasteiger partial charge < -0.3 is 15.3 Å². The average molecular weight is 423 g/mol. The number of anilines is 1. The van der Waals surface area contributed by atoms with Gasteiger partial charge in [0.1, 0.15) is 6.04 Å². The SMILES string of the molecule is O=C(Cc1ccc(N(CCCl)CCCl)cc1)NC(Cc1ccccc1)C(=O)O. The first-order valence-electron chi connectivity index (χ1n) is 9.05. The Bertz CT molecular complexity index is 748. The minimum atomic E-state index is -1.05. The Morgan fingerprint density at radius 3 is 2.07 bits per heavy atom. The molecule has 28 heavy (non-hydrogen) atoms. The molecule has 0 aliphatic heterocycles. The fourth-order valence-corrected chi connectivity index (χ4v) is 3.29. The Hall–Kier alpha value is -2.24. The van der Waals surface area contributed by atoms with Crippen LogP contribution in [0.2, 0.25) is 0 Å². The highest BCUT2D eigenvalue weighted by Gasteiger charge is 2.20. The van der Waals surface area contributed by atoms with Gasteiger partial charge >= 0.3 is 5.97 Å². The number of hydrogen-bond acceptors (Lipinski definition) is 3. The highest BCUT2D eigenvalue weighted by Crippen LogP contribution is 2.16. The predicted octanol–water partition coefficient (Wildman–Crippen LogP) is 3.33. The molecule has 0 spiro atoms. The van der Waals surface area contributed by atoms with Crippen LogP contribution in [0.3, 0.4) is 0 Å². The second kappa shape index (κ2) is 11.6. The Morgan fingerprint density at radius 2 is 1.54 bits per heavy atom. The van der Waals surface area contributed by atoms with Crippen molar-refractivity contribution in [2.75, 3.05) is 29.7 Å². The van der Waals surface area contributed by atoms with Crippen LogP contribution in [0.4, 0.5) is 5.69 Å². The number of hydrogen-bond donors (Lipinski definition) is 2. The van der Waals surface area contributed by atoms with E-state index in [0.717, 1.165) is 16.8 Å². The summed E-state index contributed by atoms with van der Waals surface area (Å²) >= 11 is 11.7. The third-order valence-electron chi connectivity index (χ3n) is 4.29. The van der Waals surface area contributed by atoms with Gasteiger partial charge in [-0.2, -0.15) is 0 Å². The Morgan fingerprint density at radius 1 is 0.929 bits per heavy atom.